The van der Waals surface area contributed by atoms with Crippen LogP contribution in [0.3, 0.4) is 0 Å². The third-order valence-electron chi connectivity index (χ3n) is 3.24. The van der Waals surface area contributed by atoms with Gasteiger partial charge in [0.15, 0.2) is 0 Å². The van der Waals surface area contributed by atoms with Crippen molar-refractivity contribution in [1.82, 2.24) is 0 Å². The zero-order chi connectivity index (χ0) is 17.3. The molecule has 0 aromatic rings. The summed E-state index contributed by atoms with van der Waals surface area (Å²) in [5, 5.41) is 17.8. The molecule has 2 nitrogen and oxygen atoms in total. The van der Waals surface area contributed by atoms with Crippen LogP contribution in [0, 0.1) is 0 Å². The van der Waals surface area contributed by atoms with Gasteiger partial charge in [-0.2, -0.15) is 0 Å². The summed E-state index contributed by atoms with van der Waals surface area (Å²) in [6, 6.07) is 0. The van der Waals surface area contributed by atoms with E-state index in [0.717, 1.165) is 50.8 Å². The maximum Gasteiger partial charge on any atom is 0.120 e. The van der Waals surface area contributed by atoms with E-state index in [1.165, 1.54) is 6.42 Å². The molecule has 0 spiro atoms. The summed E-state index contributed by atoms with van der Waals surface area (Å²) in [5.41, 5.74) is 0. The fraction of sp³-hybridized carbons (Fsp3) is 1.00. The molecule has 0 aliphatic heterocycles. The van der Waals surface area contributed by atoms with Crippen molar-refractivity contribution in [2.75, 3.05) is 18.4 Å². The first-order valence-corrected chi connectivity index (χ1v) is 10.0. The summed E-state index contributed by atoms with van der Waals surface area (Å²) in [7, 11) is 0. The van der Waals surface area contributed by atoms with Crippen LogP contribution in [0.5, 0.6) is 0 Å². The van der Waals surface area contributed by atoms with Crippen LogP contribution in [0.25, 0.3) is 0 Å². The quantitative estimate of drug-likeness (QED) is 0.300. The molecule has 0 heterocycles. The molecule has 0 saturated heterocycles. The lowest BCUT2D eigenvalue weighted by molar-refractivity contribution is 0.157. The molecule has 1 atom stereocenters. The second-order valence-electron chi connectivity index (χ2n) is 5.46. The van der Waals surface area contributed by atoms with Crippen LogP contribution in [0.2, 0.25) is 0 Å². The molecule has 0 radical (unpaired) electrons. The summed E-state index contributed by atoms with van der Waals surface area (Å²) in [5.74, 6) is 1.28. The molecule has 0 fully saturated rings. The largest absolute Gasteiger partial charge is 0.396 e. The summed E-state index contributed by atoms with van der Waals surface area (Å²) < 4.78 is -0.704. The lowest BCUT2D eigenvalue weighted by Crippen LogP contribution is -2.14. The SMILES string of the molecule is CCCCCC(Cl)(Cl)CCO.OC(CCCl)CCCCCCl. The average Bonchev–Trinajstić information content (AvgIpc) is 2.45. The Morgan fingerprint density at radius 2 is 1.55 bits per heavy atom. The van der Waals surface area contributed by atoms with Crippen molar-refractivity contribution in [2.45, 2.75) is 81.6 Å². The predicted octanol–water partition coefficient (Wildman–Crippen LogP) is 5.90. The Kier molecular flexibility index (Phi) is 21.2. The minimum atomic E-state index is -0.704. The van der Waals surface area contributed by atoms with Crippen LogP contribution in [-0.2, 0) is 0 Å². The number of aliphatic hydroxyl groups is 2. The number of hydrogen-bond donors (Lipinski definition) is 2. The molecule has 0 rings (SSSR count). The third kappa shape index (κ3) is 21.1. The van der Waals surface area contributed by atoms with E-state index in [-0.39, 0.29) is 12.7 Å². The van der Waals surface area contributed by atoms with Crippen LogP contribution >= 0.6 is 46.4 Å². The van der Waals surface area contributed by atoms with Crippen molar-refractivity contribution in [3.63, 3.8) is 0 Å². The van der Waals surface area contributed by atoms with Gasteiger partial charge in [-0.3, -0.25) is 0 Å². The van der Waals surface area contributed by atoms with Crippen molar-refractivity contribution in [2.24, 2.45) is 0 Å². The van der Waals surface area contributed by atoms with Crippen molar-refractivity contribution < 1.29 is 10.2 Å². The number of halogens is 4. The molecule has 0 aliphatic rings. The first kappa shape index (κ1) is 25.3. The number of aliphatic hydroxyl groups excluding tert-OH is 2. The minimum Gasteiger partial charge on any atom is -0.396 e. The maximum atomic E-state index is 9.23. The standard InChI is InChI=1S/2C8H16Cl2O/c1-2-3-4-5-8(9,10)6-7-11;9-6-3-1-2-4-8(11)5-7-10/h11H,2-7H2,1H3;8,11H,1-7H2. The number of hydrogen-bond acceptors (Lipinski definition) is 2. The molecule has 0 bridgehead atoms. The summed E-state index contributed by atoms with van der Waals surface area (Å²) >= 11 is 22.7. The van der Waals surface area contributed by atoms with Crippen molar-refractivity contribution >= 4 is 46.4 Å². The number of alkyl halides is 4. The Balaban J connectivity index is 0. The molecular formula is C16H32Cl4O2. The van der Waals surface area contributed by atoms with E-state index in [2.05, 4.69) is 6.92 Å². The van der Waals surface area contributed by atoms with E-state index in [4.69, 9.17) is 51.5 Å². The van der Waals surface area contributed by atoms with Gasteiger partial charge in [0, 0.05) is 24.8 Å². The van der Waals surface area contributed by atoms with Gasteiger partial charge in [-0.05, 0) is 25.7 Å². The molecule has 6 heteroatoms. The minimum absolute atomic E-state index is 0.0686. The van der Waals surface area contributed by atoms with Crippen LogP contribution in [0.1, 0.15) is 71.1 Å². The summed E-state index contributed by atoms with van der Waals surface area (Å²) in [6.45, 7) is 2.20. The molecule has 22 heavy (non-hydrogen) atoms. The first-order chi connectivity index (χ1) is 10.4. The highest BCUT2D eigenvalue weighted by Crippen LogP contribution is 2.30. The fourth-order valence-corrected chi connectivity index (χ4v) is 2.72. The van der Waals surface area contributed by atoms with Crippen molar-refractivity contribution in [1.29, 1.82) is 0 Å². The van der Waals surface area contributed by atoms with Gasteiger partial charge in [-0.1, -0.05) is 39.0 Å². The zero-order valence-electron chi connectivity index (χ0n) is 13.7. The second-order valence-corrected chi connectivity index (χ2v) is 7.85. The molecule has 0 amide bonds. The van der Waals surface area contributed by atoms with Crippen LogP contribution in [0.15, 0.2) is 0 Å². The van der Waals surface area contributed by atoms with Crippen LogP contribution < -0.4 is 0 Å². The Bertz CT molecular complexity index is 216. The molecule has 0 aliphatic carbocycles. The normalized spacial score (nSPS) is 12.7. The molecular weight excluding hydrogens is 366 g/mol. The van der Waals surface area contributed by atoms with Crippen molar-refractivity contribution in [3.05, 3.63) is 0 Å². The molecule has 1 unspecified atom stereocenters. The Labute approximate surface area is 156 Å². The van der Waals surface area contributed by atoms with E-state index < -0.39 is 4.33 Å². The topological polar surface area (TPSA) is 40.5 Å². The van der Waals surface area contributed by atoms with E-state index in [9.17, 15) is 5.11 Å². The molecule has 0 aromatic carbocycles. The van der Waals surface area contributed by atoms with Gasteiger partial charge < -0.3 is 10.2 Å². The first-order valence-electron chi connectivity index (χ1n) is 8.22. The van der Waals surface area contributed by atoms with E-state index >= 15 is 0 Å². The summed E-state index contributed by atoms with van der Waals surface area (Å²) in [6.07, 6.45) is 9.22. The molecule has 0 aromatic heterocycles. The van der Waals surface area contributed by atoms with E-state index in [0.29, 0.717) is 18.7 Å². The Morgan fingerprint density at radius 3 is 2.05 bits per heavy atom. The zero-order valence-corrected chi connectivity index (χ0v) is 16.7. The number of rotatable bonds is 13. The second kappa shape index (κ2) is 18.4. The van der Waals surface area contributed by atoms with Gasteiger partial charge in [0.1, 0.15) is 4.33 Å². The number of unbranched alkanes of at least 4 members (excludes halogenated alkanes) is 4. The van der Waals surface area contributed by atoms with Crippen LogP contribution in [0.4, 0.5) is 0 Å². The Hall–Kier alpha value is 1.08. The highest BCUT2D eigenvalue weighted by atomic mass is 35.5. The molecule has 2 N–H and O–H groups in total. The smallest absolute Gasteiger partial charge is 0.120 e. The maximum absolute atomic E-state index is 9.23. The highest BCUT2D eigenvalue weighted by molar-refractivity contribution is 6.48. The Morgan fingerprint density at radius 1 is 0.864 bits per heavy atom. The van der Waals surface area contributed by atoms with Crippen LogP contribution in [-0.4, -0.2) is 39.0 Å². The molecule has 0 saturated carbocycles. The van der Waals surface area contributed by atoms with Gasteiger partial charge in [-0.15, -0.1) is 46.4 Å². The lowest BCUT2D eigenvalue weighted by Gasteiger charge is -2.17. The average molecular weight is 398 g/mol. The van der Waals surface area contributed by atoms with Crippen molar-refractivity contribution in [3.8, 4) is 0 Å². The van der Waals surface area contributed by atoms with Gasteiger partial charge in [0.05, 0.1) is 6.10 Å². The van der Waals surface area contributed by atoms with E-state index in [1.54, 1.807) is 0 Å². The molecule has 136 valence electrons. The van der Waals surface area contributed by atoms with Gasteiger partial charge >= 0.3 is 0 Å². The monoisotopic (exact) mass is 396 g/mol. The van der Waals surface area contributed by atoms with Gasteiger partial charge in [-0.25, -0.2) is 0 Å². The fourth-order valence-electron chi connectivity index (χ4n) is 1.84. The lowest BCUT2D eigenvalue weighted by atomic mass is 10.1. The highest BCUT2D eigenvalue weighted by Gasteiger charge is 2.21. The summed E-state index contributed by atoms with van der Waals surface area (Å²) in [4.78, 5) is 0. The van der Waals surface area contributed by atoms with E-state index in [1.807, 2.05) is 0 Å². The van der Waals surface area contributed by atoms with Gasteiger partial charge in [0.2, 0.25) is 0 Å². The van der Waals surface area contributed by atoms with Gasteiger partial charge in [0.25, 0.3) is 0 Å². The third-order valence-corrected chi connectivity index (χ3v) is 4.48. The predicted molar refractivity (Wildman–Crippen MR) is 101 cm³/mol.